The van der Waals surface area contributed by atoms with E-state index in [9.17, 15) is 0 Å². The van der Waals surface area contributed by atoms with Crippen LogP contribution in [-0.4, -0.2) is 81.4 Å². The molecule has 0 bridgehead atoms. The Morgan fingerprint density at radius 2 is 1.59 bits per heavy atom. The number of ether oxygens (including phenoxy) is 2. The number of benzene rings is 2. The second-order valence-corrected chi connectivity index (χ2v) is 10.1. The van der Waals surface area contributed by atoms with Gasteiger partial charge in [0.05, 0.1) is 26.0 Å². The van der Waals surface area contributed by atoms with Crippen LogP contribution < -0.4 is 14.5 Å². The number of hydrogen-bond donors (Lipinski definition) is 0. The molecule has 3 aromatic rings. The Morgan fingerprint density at radius 1 is 0.865 bits per heavy atom. The zero-order valence-electron chi connectivity index (χ0n) is 22.2. The average Bonchev–Trinajstić information content (AvgIpc) is 2.95. The Kier molecular flexibility index (Phi) is 8.56. The fraction of sp³-hybridized carbons (Fsp3) is 0.433. The first-order valence-corrected chi connectivity index (χ1v) is 13.3. The SMILES string of the molecule is COc1cccc(CN(Cc2cccc(N3CCOCC3)c2)c2ccnc(CN3CCN(C)CC3)c2)c1. The molecule has 7 nitrogen and oxygen atoms in total. The van der Waals surface area contributed by atoms with Crippen LogP contribution in [0.15, 0.2) is 66.9 Å². The van der Waals surface area contributed by atoms with E-state index in [1.165, 1.54) is 22.5 Å². The summed E-state index contributed by atoms with van der Waals surface area (Å²) in [6.45, 7) is 10.4. The van der Waals surface area contributed by atoms with Crippen molar-refractivity contribution in [3.63, 3.8) is 0 Å². The summed E-state index contributed by atoms with van der Waals surface area (Å²) in [6.07, 6.45) is 1.96. The van der Waals surface area contributed by atoms with Crippen molar-refractivity contribution in [1.29, 1.82) is 0 Å². The number of aromatic nitrogens is 1. The summed E-state index contributed by atoms with van der Waals surface area (Å²) < 4.78 is 11.1. The molecule has 1 aromatic heterocycles. The highest BCUT2D eigenvalue weighted by atomic mass is 16.5. The Hall–Kier alpha value is -3.13. The number of pyridine rings is 1. The van der Waals surface area contributed by atoms with Gasteiger partial charge in [0.25, 0.3) is 0 Å². The van der Waals surface area contributed by atoms with E-state index < -0.39 is 0 Å². The largest absolute Gasteiger partial charge is 0.497 e. The summed E-state index contributed by atoms with van der Waals surface area (Å²) in [7, 11) is 3.92. The van der Waals surface area contributed by atoms with E-state index in [1.54, 1.807) is 7.11 Å². The van der Waals surface area contributed by atoms with Crippen LogP contribution in [0.4, 0.5) is 11.4 Å². The van der Waals surface area contributed by atoms with Gasteiger partial charge in [-0.05, 0) is 54.6 Å². The number of rotatable bonds is 9. The monoisotopic (exact) mass is 501 g/mol. The second-order valence-electron chi connectivity index (χ2n) is 10.1. The third-order valence-electron chi connectivity index (χ3n) is 7.31. The molecule has 2 aliphatic rings. The number of anilines is 2. The van der Waals surface area contributed by atoms with Crippen LogP contribution in [0.25, 0.3) is 0 Å². The molecule has 5 rings (SSSR count). The molecule has 2 saturated heterocycles. The maximum atomic E-state index is 5.56. The molecule has 37 heavy (non-hydrogen) atoms. The lowest BCUT2D eigenvalue weighted by Crippen LogP contribution is -2.44. The molecule has 0 saturated carbocycles. The van der Waals surface area contributed by atoms with Crippen molar-refractivity contribution in [3.05, 3.63) is 83.7 Å². The van der Waals surface area contributed by atoms with Crippen molar-refractivity contribution in [2.45, 2.75) is 19.6 Å². The molecule has 0 N–H and O–H groups in total. The van der Waals surface area contributed by atoms with Gasteiger partial charge >= 0.3 is 0 Å². The normalized spacial score (nSPS) is 17.1. The first-order chi connectivity index (χ1) is 18.2. The van der Waals surface area contributed by atoms with Gasteiger partial charge in [-0.1, -0.05) is 24.3 Å². The fourth-order valence-corrected chi connectivity index (χ4v) is 5.11. The molecule has 7 heteroatoms. The topological polar surface area (TPSA) is 44.3 Å². The molecule has 2 aromatic carbocycles. The van der Waals surface area contributed by atoms with Crippen molar-refractivity contribution in [2.75, 3.05) is 76.4 Å². The summed E-state index contributed by atoms with van der Waals surface area (Å²) in [6, 6.07) is 21.7. The molecule has 0 aliphatic carbocycles. The predicted octanol–water partition coefficient (Wildman–Crippen LogP) is 3.88. The molecule has 0 radical (unpaired) electrons. The first-order valence-electron chi connectivity index (χ1n) is 13.3. The Balaban J connectivity index is 1.38. The van der Waals surface area contributed by atoms with Crippen LogP contribution in [0.5, 0.6) is 5.75 Å². The summed E-state index contributed by atoms with van der Waals surface area (Å²) in [4.78, 5) is 14.5. The van der Waals surface area contributed by atoms with Gasteiger partial charge in [0.1, 0.15) is 5.75 Å². The molecule has 0 spiro atoms. The highest BCUT2D eigenvalue weighted by Crippen LogP contribution is 2.25. The van der Waals surface area contributed by atoms with E-state index in [-0.39, 0.29) is 0 Å². The van der Waals surface area contributed by atoms with Gasteiger partial charge in [-0.25, -0.2) is 0 Å². The van der Waals surface area contributed by atoms with Crippen molar-refractivity contribution in [2.24, 2.45) is 0 Å². The smallest absolute Gasteiger partial charge is 0.119 e. The molecule has 196 valence electrons. The average molecular weight is 502 g/mol. The summed E-state index contributed by atoms with van der Waals surface area (Å²) >= 11 is 0. The summed E-state index contributed by atoms with van der Waals surface area (Å²) in [5.41, 5.74) is 6.11. The number of morpholine rings is 1. The molecular weight excluding hydrogens is 462 g/mol. The van der Waals surface area contributed by atoms with Crippen molar-refractivity contribution < 1.29 is 9.47 Å². The van der Waals surface area contributed by atoms with E-state index in [0.717, 1.165) is 83.6 Å². The number of likely N-dealkylation sites (N-methyl/N-ethyl adjacent to an activating group) is 1. The fourth-order valence-electron chi connectivity index (χ4n) is 5.11. The molecule has 2 fully saturated rings. The third kappa shape index (κ3) is 7.01. The standard InChI is InChI=1S/C30H39N5O2/c1-32-11-13-33(14-12-32)24-27-21-29(9-10-31-27)35(23-26-6-4-8-30(20-26)36-2)22-25-5-3-7-28(19-25)34-15-17-37-18-16-34/h3-10,19-21H,11-18,22-24H2,1-2H3. The maximum Gasteiger partial charge on any atom is 0.119 e. The molecule has 0 atom stereocenters. The van der Waals surface area contributed by atoms with E-state index in [1.807, 2.05) is 12.3 Å². The number of nitrogens with zero attached hydrogens (tertiary/aromatic N) is 5. The van der Waals surface area contributed by atoms with E-state index in [4.69, 9.17) is 14.5 Å². The Labute approximate surface area is 221 Å². The van der Waals surface area contributed by atoms with Gasteiger partial charge in [-0.3, -0.25) is 9.88 Å². The highest BCUT2D eigenvalue weighted by Gasteiger charge is 2.17. The van der Waals surface area contributed by atoms with Crippen LogP contribution in [0.1, 0.15) is 16.8 Å². The highest BCUT2D eigenvalue weighted by molar-refractivity contribution is 5.52. The molecule has 2 aliphatic heterocycles. The minimum absolute atomic E-state index is 0.789. The van der Waals surface area contributed by atoms with Gasteiger partial charge in [0.15, 0.2) is 0 Å². The van der Waals surface area contributed by atoms with Crippen LogP contribution in [0, 0.1) is 0 Å². The molecular formula is C30H39N5O2. The van der Waals surface area contributed by atoms with Crippen LogP contribution in [0.2, 0.25) is 0 Å². The molecule has 0 unspecified atom stereocenters. The van der Waals surface area contributed by atoms with Gasteiger partial charge in [0, 0.05) is 76.5 Å². The molecule has 3 heterocycles. The zero-order chi connectivity index (χ0) is 25.5. The lowest BCUT2D eigenvalue weighted by Gasteiger charge is -2.32. The van der Waals surface area contributed by atoms with Crippen LogP contribution in [-0.2, 0) is 24.4 Å². The lowest BCUT2D eigenvalue weighted by atomic mass is 10.1. The Morgan fingerprint density at radius 3 is 2.35 bits per heavy atom. The zero-order valence-corrected chi connectivity index (χ0v) is 22.2. The van der Waals surface area contributed by atoms with Crippen LogP contribution in [0.3, 0.4) is 0 Å². The lowest BCUT2D eigenvalue weighted by molar-refractivity contribution is 0.122. The van der Waals surface area contributed by atoms with Crippen molar-refractivity contribution in [1.82, 2.24) is 14.8 Å². The third-order valence-corrected chi connectivity index (χ3v) is 7.31. The quantitative estimate of drug-likeness (QED) is 0.441. The number of hydrogen-bond acceptors (Lipinski definition) is 7. The predicted molar refractivity (Wildman–Crippen MR) is 149 cm³/mol. The van der Waals surface area contributed by atoms with E-state index in [0.29, 0.717) is 0 Å². The minimum atomic E-state index is 0.789. The van der Waals surface area contributed by atoms with Gasteiger partial charge in [-0.2, -0.15) is 0 Å². The second kappa shape index (κ2) is 12.4. The van der Waals surface area contributed by atoms with E-state index in [2.05, 4.69) is 81.2 Å². The van der Waals surface area contributed by atoms with Gasteiger partial charge < -0.3 is 24.2 Å². The van der Waals surface area contributed by atoms with Crippen molar-refractivity contribution in [3.8, 4) is 5.75 Å². The number of piperazine rings is 1. The molecule has 0 amide bonds. The van der Waals surface area contributed by atoms with Gasteiger partial charge in [-0.15, -0.1) is 0 Å². The van der Waals surface area contributed by atoms with Gasteiger partial charge in [0.2, 0.25) is 0 Å². The van der Waals surface area contributed by atoms with E-state index >= 15 is 0 Å². The first kappa shape index (κ1) is 25.5. The summed E-state index contributed by atoms with van der Waals surface area (Å²) in [5, 5.41) is 0. The minimum Gasteiger partial charge on any atom is -0.497 e. The van der Waals surface area contributed by atoms with Crippen LogP contribution >= 0.6 is 0 Å². The Bertz CT molecular complexity index is 1140. The maximum absolute atomic E-state index is 5.56. The number of methoxy groups -OCH3 is 1. The summed E-state index contributed by atoms with van der Waals surface area (Å²) in [5.74, 6) is 0.886. The van der Waals surface area contributed by atoms with Crippen molar-refractivity contribution >= 4 is 11.4 Å².